The van der Waals surface area contributed by atoms with E-state index in [1.165, 1.54) is 6.33 Å². The predicted molar refractivity (Wildman–Crippen MR) is 119 cm³/mol. The molecule has 0 aliphatic carbocycles. The molecule has 8 nitrogen and oxygen atoms in total. The number of aryl methyl sites for hydroxylation is 1. The third kappa shape index (κ3) is 2.85. The first kappa shape index (κ1) is 19.7. The number of H-pyrrole nitrogens is 1. The van der Waals surface area contributed by atoms with Crippen molar-refractivity contribution >= 4 is 45.9 Å². The van der Waals surface area contributed by atoms with E-state index in [9.17, 15) is 4.79 Å². The van der Waals surface area contributed by atoms with Crippen LogP contribution in [0.3, 0.4) is 0 Å². The van der Waals surface area contributed by atoms with Gasteiger partial charge in [-0.25, -0.2) is 19.4 Å². The average molecular weight is 422 g/mol. The second-order valence-electron chi connectivity index (χ2n) is 6.98. The summed E-state index contributed by atoms with van der Waals surface area (Å²) in [5, 5.41) is 6.05. The Hall–Kier alpha value is -3.61. The lowest BCUT2D eigenvalue weighted by Crippen LogP contribution is -2.47. The van der Waals surface area contributed by atoms with Crippen molar-refractivity contribution in [3.8, 4) is 0 Å². The molecule has 1 atom stereocenters. The van der Waals surface area contributed by atoms with Crippen molar-refractivity contribution in [1.82, 2.24) is 24.5 Å². The Morgan fingerprint density at radius 3 is 2.90 bits per heavy atom. The quantitative estimate of drug-likeness (QED) is 0.502. The van der Waals surface area contributed by atoms with Crippen molar-refractivity contribution in [3.63, 3.8) is 0 Å². The number of likely N-dealkylation sites (N-methyl/N-ethyl adjacent to an activating group) is 1. The molecule has 152 valence electrons. The highest BCUT2D eigenvalue weighted by Gasteiger charge is 2.34. The Balaban J connectivity index is 1.87. The second-order valence-corrected chi connectivity index (χ2v) is 7.38. The van der Waals surface area contributed by atoms with Gasteiger partial charge >= 0.3 is 0 Å². The number of rotatable bonds is 5. The molecule has 0 fully saturated rings. The van der Waals surface area contributed by atoms with Gasteiger partial charge in [0.2, 0.25) is 0 Å². The largest absolute Gasteiger partial charge is 0.349 e. The molecule has 1 N–H and O–H groups in total. The van der Waals surface area contributed by atoms with Crippen molar-refractivity contribution in [3.05, 3.63) is 66.0 Å². The van der Waals surface area contributed by atoms with Crippen molar-refractivity contribution in [2.75, 3.05) is 11.9 Å². The van der Waals surface area contributed by atoms with Gasteiger partial charge in [0.25, 0.3) is 0 Å². The van der Waals surface area contributed by atoms with Crippen LogP contribution in [0.25, 0.3) is 16.7 Å². The number of carbonyl (C=O) groups excluding carboxylic acids is 1. The SMILES string of the molecule is C=CC(=C)N1C(=C=O)c2c(Cl)ccn2N=C1C(C)N(C)c1ncnc2[nH]cc(C)c12. The molecule has 3 aromatic rings. The normalized spacial score (nSPS) is 14.2. The molecular weight excluding hydrogens is 402 g/mol. The van der Waals surface area contributed by atoms with E-state index in [0.29, 0.717) is 22.2 Å². The number of amidine groups is 1. The maximum atomic E-state index is 12.0. The van der Waals surface area contributed by atoms with E-state index in [4.69, 9.17) is 16.7 Å². The van der Waals surface area contributed by atoms with Crippen LogP contribution in [0.5, 0.6) is 0 Å². The van der Waals surface area contributed by atoms with Crippen LogP contribution in [-0.4, -0.2) is 49.4 Å². The summed E-state index contributed by atoms with van der Waals surface area (Å²) in [5.41, 5.74) is 2.96. The first-order valence-electron chi connectivity index (χ1n) is 9.23. The number of halogens is 1. The highest BCUT2D eigenvalue weighted by molar-refractivity contribution is 6.33. The fraction of sp³-hybridized carbons (Fsp3) is 0.190. The molecule has 1 aliphatic rings. The van der Waals surface area contributed by atoms with Crippen LogP contribution in [0.2, 0.25) is 5.02 Å². The lowest BCUT2D eigenvalue weighted by molar-refractivity contribution is 0.561. The highest BCUT2D eigenvalue weighted by atomic mass is 35.5. The molecule has 3 aromatic heterocycles. The Morgan fingerprint density at radius 2 is 2.20 bits per heavy atom. The maximum Gasteiger partial charge on any atom is 0.160 e. The van der Waals surface area contributed by atoms with Gasteiger partial charge in [-0.1, -0.05) is 24.8 Å². The van der Waals surface area contributed by atoms with Crippen LogP contribution in [0.4, 0.5) is 5.82 Å². The molecule has 9 heteroatoms. The van der Waals surface area contributed by atoms with E-state index in [1.54, 1.807) is 27.9 Å². The molecular formula is C21H20ClN7O. The topological polar surface area (TPSA) is 82.4 Å². The predicted octanol–water partition coefficient (Wildman–Crippen LogP) is 3.60. The van der Waals surface area contributed by atoms with Crippen LogP contribution in [0.15, 0.2) is 54.8 Å². The van der Waals surface area contributed by atoms with Crippen LogP contribution >= 0.6 is 11.6 Å². The molecule has 0 radical (unpaired) electrons. The van der Waals surface area contributed by atoms with Gasteiger partial charge in [0.1, 0.15) is 23.5 Å². The first-order chi connectivity index (χ1) is 14.4. The lowest BCUT2D eigenvalue weighted by Gasteiger charge is -2.37. The molecule has 0 saturated heterocycles. The number of aromatic nitrogens is 4. The summed E-state index contributed by atoms with van der Waals surface area (Å²) >= 11 is 6.30. The summed E-state index contributed by atoms with van der Waals surface area (Å²) in [6.07, 6.45) is 6.67. The van der Waals surface area contributed by atoms with Crippen molar-refractivity contribution in [2.45, 2.75) is 19.9 Å². The van der Waals surface area contributed by atoms with Gasteiger partial charge < -0.3 is 9.88 Å². The zero-order valence-electron chi connectivity index (χ0n) is 16.8. The molecule has 4 heterocycles. The van der Waals surface area contributed by atoms with Crippen molar-refractivity contribution in [2.24, 2.45) is 5.10 Å². The van der Waals surface area contributed by atoms with E-state index >= 15 is 0 Å². The van der Waals surface area contributed by atoms with Gasteiger partial charge in [0.05, 0.1) is 16.5 Å². The molecule has 30 heavy (non-hydrogen) atoms. The fourth-order valence-corrected chi connectivity index (χ4v) is 3.78. The minimum absolute atomic E-state index is 0.228. The highest BCUT2D eigenvalue weighted by Crippen LogP contribution is 2.34. The van der Waals surface area contributed by atoms with Crippen LogP contribution < -0.4 is 4.90 Å². The van der Waals surface area contributed by atoms with Crippen molar-refractivity contribution < 1.29 is 4.79 Å². The number of allylic oxidation sites excluding steroid dienone is 1. The zero-order valence-corrected chi connectivity index (χ0v) is 17.6. The summed E-state index contributed by atoms with van der Waals surface area (Å²) in [7, 11) is 1.92. The molecule has 1 aliphatic heterocycles. The molecule has 0 spiro atoms. The number of fused-ring (bicyclic) bond motifs is 2. The second kappa shape index (κ2) is 7.33. The third-order valence-electron chi connectivity index (χ3n) is 5.26. The number of hydrogen-bond donors (Lipinski definition) is 1. The van der Waals surface area contributed by atoms with Gasteiger partial charge in [-0.2, -0.15) is 5.10 Å². The Morgan fingerprint density at radius 1 is 1.43 bits per heavy atom. The monoisotopic (exact) mass is 421 g/mol. The number of anilines is 1. The van der Waals surface area contributed by atoms with E-state index in [1.807, 2.05) is 37.9 Å². The first-order valence-corrected chi connectivity index (χ1v) is 9.61. The molecule has 4 rings (SSSR count). The average Bonchev–Trinajstić information content (AvgIpc) is 3.33. The zero-order chi connectivity index (χ0) is 21.6. The van der Waals surface area contributed by atoms with Gasteiger partial charge in [-0.3, -0.25) is 4.90 Å². The van der Waals surface area contributed by atoms with Crippen LogP contribution in [0.1, 0.15) is 18.2 Å². The Kier molecular flexibility index (Phi) is 4.81. The molecule has 0 amide bonds. The number of nitrogens with one attached hydrogen (secondary N) is 1. The van der Waals surface area contributed by atoms with Gasteiger partial charge in [-0.15, -0.1) is 0 Å². The van der Waals surface area contributed by atoms with Gasteiger partial charge in [0, 0.05) is 25.1 Å². The summed E-state index contributed by atoms with van der Waals surface area (Å²) < 4.78 is 1.58. The number of hydrogen-bond acceptors (Lipinski definition) is 6. The fourth-order valence-electron chi connectivity index (χ4n) is 3.55. The maximum absolute atomic E-state index is 12.0. The molecule has 0 aromatic carbocycles. The minimum atomic E-state index is -0.299. The van der Waals surface area contributed by atoms with E-state index in [-0.39, 0.29) is 11.7 Å². The van der Waals surface area contributed by atoms with E-state index in [0.717, 1.165) is 22.4 Å². The summed E-state index contributed by atoms with van der Waals surface area (Å²) in [6.45, 7) is 11.8. The summed E-state index contributed by atoms with van der Waals surface area (Å²) in [5.74, 6) is 3.30. The Labute approximate surface area is 178 Å². The molecule has 0 saturated carbocycles. The van der Waals surface area contributed by atoms with Crippen LogP contribution in [-0.2, 0) is 4.79 Å². The standard InChI is InChI=1S/C21H20ClN7O/c1-6-13(3)29-16(10-30)18-15(22)7-8-28(18)26-20(29)14(4)27(5)21-17-12(2)9-23-19(17)24-11-25-21/h6-9,11,14H,1,3H2,2,4-5H3,(H,23,24,25). The lowest BCUT2D eigenvalue weighted by atomic mass is 10.1. The third-order valence-corrected chi connectivity index (χ3v) is 5.56. The number of aromatic amines is 1. The molecule has 1 unspecified atom stereocenters. The molecule has 0 bridgehead atoms. The minimum Gasteiger partial charge on any atom is -0.349 e. The smallest absolute Gasteiger partial charge is 0.160 e. The van der Waals surface area contributed by atoms with Crippen LogP contribution in [0, 0.1) is 6.92 Å². The Bertz CT molecular complexity index is 1260. The van der Waals surface area contributed by atoms with E-state index in [2.05, 4.69) is 28.1 Å². The summed E-state index contributed by atoms with van der Waals surface area (Å²) in [4.78, 5) is 27.5. The summed E-state index contributed by atoms with van der Waals surface area (Å²) in [6, 6.07) is 1.38. The number of nitrogens with zero attached hydrogens (tertiary/aromatic N) is 6. The van der Waals surface area contributed by atoms with Gasteiger partial charge in [0.15, 0.2) is 17.5 Å². The van der Waals surface area contributed by atoms with Crippen molar-refractivity contribution in [1.29, 1.82) is 0 Å². The van der Waals surface area contributed by atoms with Gasteiger partial charge in [-0.05, 0) is 31.6 Å². The van der Waals surface area contributed by atoms with E-state index < -0.39 is 0 Å².